The van der Waals surface area contributed by atoms with Crippen molar-refractivity contribution in [1.82, 2.24) is 10.6 Å². The summed E-state index contributed by atoms with van der Waals surface area (Å²) in [4.78, 5) is 23.5. The Bertz CT molecular complexity index is 370. The van der Waals surface area contributed by atoms with Gasteiger partial charge in [0.2, 0.25) is 5.91 Å². The van der Waals surface area contributed by atoms with Gasteiger partial charge in [-0.05, 0) is 11.4 Å². The fourth-order valence-electron chi connectivity index (χ4n) is 1.18. The van der Waals surface area contributed by atoms with Crippen molar-refractivity contribution in [2.75, 3.05) is 25.6 Å². The largest absolute Gasteiger partial charge is 0.448 e. The molecule has 0 saturated heterocycles. The van der Waals surface area contributed by atoms with E-state index in [1.807, 2.05) is 17.5 Å². The maximum absolute atomic E-state index is 11.5. The topological polar surface area (TPSA) is 67.4 Å². The van der Waals surface area contributed by atoms with Gasteiger partial charge in [-0.15, -0.1) is 22.9 Å². The van der Waals surface area contributed by atoms with Gasteiger partial charge < -0.3 is 15.4 Å². The van der Waals surface area contributed by atoms with E-state index >= 15 is 0 Å². The molecule has 0 radical (unpaired) electrons. The number of thiophene rings is 1. The Kier molecular flexibility index (Phi) is 7.20. The molecule has 0 saturated carbocycles. The molecule has 100 valence electrons. The van der Waals surface area contributed by atoms with Gasteiger partial charge in [0.05, 0.1) is 12.3 Å². The summed E-state index contributed by atoms with van der Waals surface area (Å²) in [6.07, 6.45) is -0.155. The highest BCUT2D eigenvalue weighted by atomic mass is 35.5. The lowest BCUT2D eigenvalue weighted by Crippen LogP contribution is -2.35. The maximum Gasteiger partial charge on any atom is 0.407 e. The molecule has 0 aliphatic rings. The molecule has 0 fully saturated rings. The van der Waals surface area contributed by atoms with Crippen molar-refractivity contribution in [2.45, 2.75) is 6.42 Å². The van der Waals surface area contributed by atoms with Gasteiger partial charge in [0.25, 0.3) is 0 Å². The summed E-state index contributed by atoms with van der Waals surface area (Å²) in [6.45, 7) is 0.885. The van der Waals surface area contributed by atoms with Crippen molar-refractivity contribution in [3.63, 3.8) is 0 Å². The highest BCUT2D eigenvalue weighted by Gasteiger charge is 2.04. The van der Waals surface area contributed by atoms with Gasteiger partial charge in [0, 0.05) is 18.0 Å². The molecule has 2 N–H and O–H groups in total. The minimum atomic E-state index is -0.525. The molecule has 1 aromatic rings. The minimum absolute atomic E-state index is 0.0617. The molecule has 0 atom stereocenters. The van der Waals surface area contributed by atoms with Crippen LogP contribution in [-0.2, 0) is 16.0 Å². The smallest absolute Gasteiger partial charge is 0.407 e. The highest BCUT2D eigenvalue weighted by Crippen LogP contribution is 2.08. The highest BCUT2D eigenvalue weighted by molar-refractivity contribution is 7.10. The van der Waals surface area contributed by atoms with E-state index in [1.165, 1.54) is 0 Å². The summed E-state index contributed by atoms with van der Waals surface area (Å²) in [5.74, 6) is 0.207. The molecule has 0 aromatic carbocycles. The molecular weight excluding hydrogens is 276 g/mol. The number of ether oxygens (including phenoxy) is 1. The van der Waals surface area contributed by atoms with E-state index in [1.54, 1.807) is 11.3 Å². The summed E-state index contributed by atoms with van der Waals surface area (Å²) in [6, 6.07) is 3.81. The molecule has 0 unspecified atom stereocenters. The van der Waals surface area contributed by atoms with Crippen LogP contribution in [0.2, 0.25) is 0 Å². The van der Waals surface area contributed by atoms with Crippen LogP contribution < -0.4 is 10.6 Å². The van der Waals surface area contributed by atoms with E-state index in [2.05, 4.69) is 10.6 Å². The van der Waals surface area contributed by atoms with Crippen molar-refractivity contribution in [3.8, 4) is 0 Å². The molecule has 0 aliphatic heterocycles. The number of halogens is 1. The minimum Gasteiger partial charge on any atom is -0.448 e. The number of alkyl halides is 1. The van der Waals surface area contributed by atoms with Crippen LogP contribution in [0.15, 0.2) is 17.5 Å². The third kappa shape index (κ3) is 6.46. The van der Waals surface area contributed by atoms with Crippen molar-refractivity contribution in [2.24, 2.45) is 0 Å². The number of alkyl carbamates (subject to hydrolysis) is 1. The normalized spacial score (nSPS) is 9.83. The average Bonchev–Trinajstić information content (AvgIpc) is 2.85. The Balaban J connectivity index is 2.03. The van der Waals surface area contributed by atoms with Gasteiger partial charge in [0.15, 0.2) is 0 Å². The lowest BCUT2D eigenvalue weighted by Gasteiger charge is -2.06. The second-order valence-corrected chi connectivity index (χ2v) is 4.77. The number of hydrogen-bond donors (Lipinski definition) is 2. The molecular formula is C11H15ClN2O3S. The first-order chi connectivity index (χ1) is 8.72. The number of hydrogen-bond acceptors (Lipinski definition) is 4. The van der Waals surface area contributed by atoms with Gasteiger partial charge in [-0.2, -0.15) is 0 Å². The van der Waals surface area contributed by atoms with Crippen LogP contribution in [0.25, 0.3) is 0 Å². The first-order valence-electron chi connectivity index (χ1n) is 5.48. The van der Waals surface area contributed by atoms with Crippen LogP contribution in [0.4, 0.5) is 4.79 Å². The number of rotatable bonds is 7. The predicted molar refractivity (Wildman–Crippen MR) is 71.1 cm³/mol. The van der Waals surface area contributed by atoms with Crippen molar-refractivity contribution in [3.05, 3.63) is 22.4 Å². The van der Waals surface area contributed by atoms with Gasteiger partial charge in [-0.25, -0.2) is 4.79 Å². The van der Waals surface area contributed by atoms with E-state index < -0.39 is 6.09 Å². The lowest BCUT2D eigenvalue weighted by atomic mass is 10.3. The Labute approximate surface area is 114 Å². The van der Waals surface area contributed by atoms with Gasteiger partial charge in [-0.1, -0.05) is 6.07 Å². The third-order valence-electron chi connectivity index (χ3n) is 1.94. The second kappa shape index (κ2) is 8.77. The van der Waals surface area contributed by atoms with Crippen molar-refractivity contribution in [1.29, 1.82) is 0 Å². The second-order valence-electron chi connectivity index (χ2n) is 3.36. The monoisotopic (exact) mass is 290 g/mol. The molecule has 0 spiro atoms. The Morgan fingerprint density at radius 1 is 1.33 bits per heavy atom. The zero-order valence-electron chi connectivity index (χ0n) is 9.78. The zero-order chi connectivity index (χ0) is 13.2. The lowest BCUT2D eigenvalue weighted by molar-refractivity contribution is -0.120. The van der Waals surface area contributed by atoms with Gasteiger partial charge in [0.1, 0.15) is 6.61 Å². The van der Waals surface area contributed by atoms with Crippen LogP contribution in [0.1, 0.15) is 4.88 Å². The van der Waals surface area contributed by atoms with Crippen molar-refractivity contribution >= 4 is 34.9 Å². The molecule has 1 heterocycles. The zero-order valence-corrected chi connectivity index (χ0v) is 11.4. The first kappa shape index (κ1) is 14.8. The molecule has 0 bridgehead atoms. The molecule has 2 amide bonds. The van der Waals surface area contributed by atoms with E-state index in [4.69, 9.17) is 16.3 Å². The Hall–Kier alpha value is -1.27. The number of amides is 2. The van der Waals surface area contributed by atoms with Crippen LogP contribution in [-0.4, -0.2) is 37.6 Å². The molecule has 1 rings (SSSR count). The van der Waals surface area contributed by atoms with Crippen LogP contribution in [0, 0.1) is 0 Å². The first-order valence-corrected chi connectivity index (χ1v) is 6.89. The van der Waals surface area contributed by atoms with E-state index in [-0.39, 0.29) is 18.4 Å². The summed E-state index contributed by atoms with van der Waals surface area (Å²) in [7, 11) is 0. The molecule has 5 nitrogen and oxygen atoms in total. The standard InChI is InChI=1S/C11H15ClN2O3S/c12-3-6-17-11(16)14-5-4-13-10(15)8-9-2-1-7-18-9/h1-2,7H,3-6,8H2,(H,13,15)(H,14,16). The fraction of sp³-hybridized carbons (Fsp3) is 0.455. The fourth-order valence-corrected chi connectivity index (χ4v) is 1.96. The summed E-state index contributed by atoms with van der Waals surface area (Å²) in [5.41, 5.74) is 0. The van der Waals surface area contributed by atoms with Gasteiger partial charge in [-0.3, -0.25) is 4.79 Å². The number of nitrogens with one attached hydrogen (secondary N) is 2. The molecule has 0 aliphatic carbocycles. The van der Waals surface area contributed by atoms with Crippen LogP contribution in [0.3, 0.4) is 0 Å². The summed E-state index contributed by atoms with van der Waals surface area (Å²) >= 11 is 6.90. The Morgan fingerprint density at radius 2 is 2.11 bits per heavy atom. The van der Waals surface area contributed by atoms with Crippen LogP contribution in [0.5, 0.6) is 0 Å². The van der Waals surface area contributed by atoms with Crippen LogP contribution >= 0.6 is 22.9 Å². The summed E-state index contributed by atoms with van der Waals surface area (Å²) < 4.78 is 4.69. The number of carbonyl (C=O) groups is 2. The maximum atomic E-state index is 11.5. The molecule has 18 heavy (non-hydrogen) atoms. The molecule has 1 aromatic heterocycles. The van der Waals surface area contributed by atoms with E-state index in [0.29, 0.717) is 19.5 Å². The SMILES string of the molecule is O=C(Cc1cccs1)NCCNC(=O)OCCCl. The Morgan fingerprint density at radius 3 is 2.78 bits per heavy atom. The molecule has 7 heteroatoms. The van der Waals surface area contributed by atoms with E-state index in [0.717, 1.165) is 4.88 Å². The summed E-state index contributed by atoms with van der Waals surface area (Å²) in [5, 5.41) is 7.13. The number of carbonyl (C=O) groups excluding carboxylic acids is 2. The van der Waals surface area contributed by atoms with Crippen molar-refractivity contribution < 1.29 is 14.3 Å². The third-order valence-corrected chi connectivity index (χ3v) is 2.97. The van der Waals surface area contributed by atoms with E-state index in [9.17, 15) is 9.59 Å². The predicted octanol–water partition coefficient (Wildman–Crippen LogP) is 1.37. The average molecular weight is 291 g/mol. The van der Waals surface area contributed by atoms with Gasteiger partial charge >= 0.3 is 6.09 Å². The quantitative estimate of drug-likeness (QED) is 0.589.